The maximum Gasteiger partial charge on any atom is 0.161 e. The summed E-state index contributed by atoms with van der Waals surface area (Å²) in [6.45, 7) is 3.60. The molecule has 0 saturated heterocycles. The van der Waals surface area contributed by atoms with E-state index in [1.54, 1.807) is 0 Å². The lowest BCUT2D eigenvalue weighted by Crippen LogP contribution is -2.47. The highest BCUT2D eigenvalue weighted by Crippen LogP contribution is 2.46. The molecule has 1 aliphatic carbocycles. The van der Waals surface area contributed by atoms with Crippen LogP contribution in [0.25, 0.3) is 0 Å². The Hall–Kier alpha value is -1.22. The molecule has 0 spiro atoms. The van der Waals surface area contributed by atoms with Gasteiger partial charge < -0.3 is 14.8 Å². The van der Waals surface area contributed by atoms with Crippen LogP contribution in [0.5, 0.6) is 11.5 Å². The van der Waals surface area contributed by atoms with Gasteiger partial charge in [0.1, 0.15) is 13.2 Å². The van der Waals surface area contributed by atoms with Crippen molar-refractivity contribution in [1.29, 1.82) is 0 Å². The molecule has 98 valence electrons. The van der Waals surface area contributed by atoms with Gasteiger partial charge in [0, 0.05) is 6.04 Å². The average molecular weight is 247 g/mol. The molecule has 1 aromatic carbocycles. The Morgan fingerprint density at radius 1 is 1.22 bits per heavy atom. The normalized spacial score (nSPS) is 29.8. The number of hydrogen-bond donors (Lipinski definition) is 1. The molecule has 2 aliphatic rings. The fraction of sp³-hybridized carbons (Fsp3) is 0.600. The van der Waals surface area contributed by atoms with Gasteiger partial charge >= 0.3 is 0 Å². The molecule has 3 atom stereocenters. The zero-order chi connectivity index (χ0) is 12.5. The Bertz CT molecular complexity index is 433. The molecule has 3 unspecified atom stereocenters. The topological polar surface area (TPSA) is 30.5 Å². The highest BCUT2D eigenvalue weighted by molar-refractivity contribution is 5.45. The summed E-state index contributed by atoms with van der Waals surface area (Å²) in [5, 5.41) is 3.41. The van der Waals surface area contributed by atoms with Crippen LogP contribution in [0.4, 0.5) is 0 Å². The van der Waals surface area contributed by atoms with Gasteiger partial charge in [0.15, 0.2) is 11.5 Å². The Kier molecular flexibility index (Phi) is 3.16. The molecule has 1 aliphatic heterocycles. The van der Waals surface area contributed by atoms with Gasteiger partial charge in [0.05, 0.1) is 0 Å². The van der Waals surface area contributed by atoms with Gasteiger partial charge in [0.2, 0.25) is 0 Å². The van der Waals surface area contributed by atoms with E-state index < -0.39 is 0 Å². The Labute approximate surface area is 108 Å². The fourth-order valence-corrected chi connectivity index (χ4v) is 3.28. The first-order chi connectivity index (χ1) is 8.83. The van der Waals surface area contributed by atoms with E-state index >= 15 is 0 Å². The molecular formula is C15H21NO2. The van der Waals surface area contributed by atoms with E-state index in [0.717, 1.165) is 17.4 Å². The van der Waals surface area contributed by atoms with Crippen LogP contribution in [-0.4, -0.2) is 26.3 Å². The van der Waals surface area contributed by atoms with E-state index in [1.165, 1.54) is 18.4 Å². The molecule has 0 radical (unpaired) electrons. The van der Waals surface area contributed by atoms with Crippen LogP contribution in [0.15, 0.2) is 18.2 Å². The maximum atomic E-state index is 5.66. The van der Waals surface area contributed by atoms with Crippen molar-refractivity contribution in [2.24, 2.45) is 5.92 Å². The fourth-order valence-electron chi connectivity index (χ4n) is 3.28. The molecule has 0 bridgehead atoms. The summed E-state index contributed by atoms with van der Waals surface area (Å²) in [5.41, 5.74) is 1.40. The zero-order valence-corrected chi connectivity index (χ0v) is 11.1. The number of benzene rings is 1. The van der Waals surface area contributed by atoms with E-state index in [1.807, 2.05) is 0 Å². The number of nitrogens with one attached hydrogen (secondary N) is 1. The van der Waals surface area contributed by atoms with E-state index in [0.29, 0.717) is 25.2 Å². The van der Waals surface area contributed by atoms with Crippen LogP contribution in [0.1, 0.15) is 31.2 Å². The second kappa shape index (κ2) is 4.81. The highest BCUT2D eigenvalue weighted by atomic mass is 16.6. The van der Waals surface area contributed by atoms with Crippen molar-refractivity contribution in [3.8, 4) is 11.5 Å². The van der Waals surface area contributed by atoms with Crippen molar-refractivity contribution in [2.45, 2.75) is 31.7 Å². The third kappa shape index (κ3) is 1.87. The van der Waals surface area contributed by atoms with E-state index in [4.69, 9.17) is 9.47 Å². The van der Waals surface area contributed by atoms with Crippen molar-refractivity contribution in [1.82, 2.24) is 5.32 Å². The first kappa shape index (κ1) is 11.8. The lowest BCUT2D eigenvalue weighted by atomic mass is 9.65. The third-order valence-corrected chi connectivity index (χ3v) is 4.38. The van der Waals surface area contributed by atoms with Gasteiger partial charge in [-0.25, -0.2) is 0 Å². The van der Waals surface area contributed by atoms with Gasteiger partial charge in [-0.2, -0.15) is 0 Å². The highest BCUT2D eigenvalue weighted by Gasteiger charge is 2.39. The summed E-state index contributed by atoms with van der Waals surface area (Å²) in [6, 6.07) is 7.11. The minimum Gasteiger partial charge on any atom is -0.486 e. The summed E-state index contributed by atoms with van der Waals surface area (Å²) < 4.78 is 11.2. The smallest absolute Gasteiger partial charge is 0.161 e. The maximum absolute atomic E-state index is 5.66. The summed E-state index contributed by atoms with van der Waals surface area (Å²) in [7, 11) is 2.06. The molecule has 1 N–H and O–H groups in total. The quantitative estimate of drug-likeness (QED) is 0.890. The first-order valence-corrected chi connectivity index (χ1v) is 6.90. The Balaban J connectivity index is 1.81. The number of fused-ring (bicyclic) bond motifs is 1. The molecule has 0 amide bonds. The molecule has 3 rings (SSSR count). The van der Waals surface area contributed by atoms with Gasteiger partial charge in [-0.3, -0.25) is 0 Å². The molecule has 1 heterocycles. The molecule has 18 heavy (non-hydrogen) atoms. The van der Waals surface area contributed by atoms with Crippen molar-refractivity contribution in [2.75, 3.05) is 20.3 Å². The summed E-state index contributed by atoms with van der Waals surface area (Å²) in [4.78, 5) is 0. The first-order valence-electron chi connectivity index (χ1n) is 6.90. The largest absolute Gasteiger partial charge is 0.486 e. The molecule has 0 aromatic heterocycles. The minimum atomic E-state index is 0.662. The molecule has 1 fully saturated rings. The van der Waals surface area contributed by atoms with Gasteiger partial charge in [-0.05, 0) is 43.0 Å². The second-order valence-corrected chi connectivity index (χ2v) is 5.21. The predicted octanol–water partition coefficient (Wildman–Crippen LogP) is 2.56. The minimum absolute atomic E-state index is 0.662. The van der Waals surface area contributed by atoms with Crippen LogP contribution in [0, 0.1) is 5.92 Å². The molecule has 1 aromatic rings. The van der Waals surface area contributed by atoms with E-state index in [-0.39, 0.29) is 0 Å². The Morgan fingerprint density at radius 3 is 2.72 bits per heavy atom. The van der Waals surface area contributed by atoms with E-state index in [2.05, 4.69) is 37.5 Å². The Morgan fingerprint density at radius 2 is 2.00 bits per heavy atom. The average Bonchev–Trinajstić information content (AvgIpc) is 2.38. The molecule has 1 saturated carbocycles. The predicted molar refractivity (Wildman–Crippen MR) is 71.4 cm³/mol. The van der Waals surface area contributed by atoms with Gasteiger partial charge in [-0.1, -0.05) is 19.4 Å². The summed E-state index contributed by atoms with van der Waals surface area (Å²) >= 11 is 0. The van der Waals surface area contributed by atoms with Crippen LogP contribution in [0.2, 0.25) is 0 Å². The SMILES string of the molecule is CCC1C(NC)CC1c1ccc2c(c1)OCCO2. The van der Waals surface area contributed by atoms with Crippen LogP contribution >= 0.6 is 0 Å². The van der Waals surface area contributed by atoms with Gasteiger partial charge in [-0.15, -0.1) is 0 Å². The lowest BCUT2D eigenvalue weighted by Gasteiger charge is -2.45. The number of rotatable bonds is 3. The standard InChI is InChI=1S/C15H21NO2/c1-3-11-12(9-13(11)16-2)10-4-5-14-15(8-10)18-7-6-17-14/h4-5,8,11-13,16H,3,6-7,9H2,1-2H3. The van der Waals surface area contributed by atoms with Crippen molar-refractivity contribution >= 4 is 0 Å². The molecular weight excluding hydrogens is 226 g/mol. The van der Waals surface area contributed by atoms with Crippen LogP contribution in [0.3, 0.4) is 0 Å². The van der Waals surface area contributed by atoms with Crippen LogP contribution in [-0.2, 0) is 0 Å². The lowest BCUT2D eigenvalue weighted by molar-refractivity contribution is 0.162. The van der Waals surface area contributed by atoms with Gasteiger partial charge in [0.25, 0.3) is 0 Å². The zero-order valence-electron chi connectivity index (χ0n) is 11.1. The number of ether oxygens (including phenoxy) is 2. The molecule has 3 heteroatoms. The van der Waals surface area contributed by atoms with Crippen molar-refractivity contribution in [3.05, 3.63) is 23.8 Å². The van der Waals surface area contributed by atoms with E-state index in [9.17, 15) is 0 Å². The molecule has 3 nitrogen and oxygen atoms in total. The van der Waals surface area contributed by atoms with Crippen LogP contribution < -0.4 is 14.8 Å². The van der Waals surface area contributed by atoms with Crippen molar-refractivity contribution in [3.63, 3.8) is 0 Å². The summed E-state index contributed by atoms with van der Waals surface area (Å²) in [5.74, 6) is 3.23. The monoisotopic (exact) mass is 247 g/mol. The summed E-state index contributed by atoms with van der Waals surface area (Å²) in [6.07, 6.45) is 2.46. The third-order valence-electron chi connectivity index (χ3n) is 4.38. The number of hydrogen-bond acceptors (Lipinski definition) is 3. The van der Waals surface area contributed by atoms with Crippen molar-refractivity contribution < 1.29 is 9.47 Å². The second-order valence-electron chi connectivity index (χ2n) is 5.21.